The highest BCUT2D eigenvalue weighted by Gasteiger charge is 2.01. The lowest BCUT2D eigenvalue weighted by Crippen LogP contribution is -2.24. The van der Waals surface area contributed by atoms with Crippen molar-refractivity contribution in [2.75, 3.05) is 19.1 Å². The van der Waals surface area contributed by atoms with Gasteiger partial charge in [0.25, 0.3) is 0 Å². The molecule has 0 fully saturated rings. The van der Waals surface area contributed by atoms with E-state index in [0.717, 1.165) is 25.0 Å². The molecule has 0 heterocycles. The van der Waals surface area contributed by atoms with Gasteiger partial charge < -0.3 is 5.32 Å². The maximum absolute atomic E-state index is 10.7. The Labute approximate surface area is 72.2 Å². The lowest BCUT2D eigenvalue weighted by Gasteiger charge is -2.12. The SMILES string of the molecule is CCC(CCCS(C)=O)NC. The van der Waals surface area contributed by atoms with Crippen molar-refractivity contribution in [3.8, 4) is 0 Å². The molecule has 0 aliphatic heterocycles. The molecule has 0 aliphatic rings. The van der Waals surface area contributed by atoms with Crippen molar-refractivity contribution < 1.29 is 4.21 Å². The van der Waals surface area contributed by atoms with E-state index in [1.54, 1.807) is 6.26 Å². The second kappa shape index (κ2) is 6.80. The lowest BCUT2D eigenvalue weighted by atomic mass is 10.1. The van der Waals surface area contributed by atoms with E-state index in [2.05, 4.69) is 12.2 Å². The smallest absolute Gasteiger partial charge is 0.0232 e. The zero-order valence-electron chi connectivity index (χ0n) is 7.72. The van der Waals surface area contributed by atoms with E-state index in [1.165, 1.54) is 0 Å². The fourth-order valence-electron chi connectivity index (χ4n) is 1.09. The topological polar surface area (TPSA) is 29.1 Å². The van der Waals surface area contributed by atoms with Crippen LogP contribution in [0.5, 0.6) is 0 Å². The Hall–Kier alpha value is 0.110. The average Bonchev–Trinajstić information content (AvgIpc) is 1.98. The van der Waals surface area contributed by atoms with Crippen LogP contribution < -0.4 is 5.32 Å². The van der Waals surface area contributed by atoms with Crippen molar-refractivity contribution in [1.82, 2.24) is 5.32 Å². The van der Waals surface area contributed by atoms with Crippen LogP contribution in [-0.4, -0.2) is 29.3 Å². The fourth-order valence-corrected chi connectivity index (χ4v) is 1.66. The maximum Gasteiger partial charge on any atom is 0.0232 e. The van der Waals surface area contributed by atoms with E-state index >= 15 is 0 Å². The first-order valence-electron chi connectivity index (χ1n) is 4.18. The van der Waals surface area contributed by atoms with Crippen LogP contribution in [0.2, 0.25) is 0 Å². The van der Waals surface area contributed by atoms with Crippen LogP contribution in [-0.2, 0) is 10.8 Å². The van der Waals surface area contributed by atoms with Crippen LogP contribution >= 0.6 is 0 Å². The van der Waals surface area contributed by atoms with E-state index < -0.39 is 10.8 Å². The number of rotatable bonds is 6. The highest BCUT2D eigenvalue weighted by Crippen LogP contribution is 2.00. The fraction of sp³-hybridized carbons (Fsp3) is 1.00. The molecular formula is C8H19NOS. The Bertz CT molecular complexity index is 113. The number of nitrogens with one attached hydrogen (secondary N) is 1. The summed E-state index contributed by atoms with van der Waals surface area (Å²) in [4.78, 5) is 0. The van der Waals surface area contributed by atoms with Crippen LogP contribution in [0.3, 0.4) is 0 Å². The van der Waals surface area contributed by atoms with Gasteiger partial charge in [0.05, 0.1) is 0 Å². The Morgan fingerprint density at radius 1 is 1.55 bits per heavy atom. The molecule has 2 unspecified atom stereocenters. The zero-order valence-corrected chi connectivity index (χ0v) is 8.54. The molecule has 0 radical (unpaired) electrons. The summed E-state index contributed by atoms with van der Waals surface area (Å²) >= 11 is 0. The van der Waals surface area contributed by atoms with Gasteiger partial charge in [0.15, 0.2) is 0 Å². The minimum Gasteiger partial charge on any atom is -0.317 e. The van der Waals surface area contributed by atoms with Crippen LogP contribution in [0.4, 0.5) is 0 Å². The van der Waals surface area contributed by atoms with Gasteiger partial charge in [-0.3, -0.25) is 4.21 Å². The third-order valence-corrected chi connectivity index (χ3v) is 2.75. The minimum atomic E-state index is -0.614. The summed E-state index contributed by atoms with van der Waals surface area (Å²) in [7, 11) is 1.37. The summed E-state index contributed by atoms with van der Waals surface area (Å²) in [5.74, 6) is 0.845. The summed E-state index contributed by atoms with van der Waals surface area (Å²) < 4.78 is 10.7. The molecule has 0 aromatic heterocycles. The first-order chi connectivity index (χ1) is 5.20. The zero-order chi connectivity index (χ0) is 8.69. The van der Waals surface area contributed by atoms with Gasteiger partial charge in [-0.15, -0.1) is 0 Å². The summed E-state index contributed by atoms with van der Waals surface area (Å²) in [5.41, 5.74) is 0. The molecule has 11 heavy (non-hydrogen) atoms. The average molecular weight is 177 g/mol. The van der Waals surface area contributed by atoms with Crippen LogP contribution in [0, 0.1) is 0 Å². The molecule has 0 saturated carbocycles. The highest BCUT2D eigenvalue weighted by molar-refractivity contribution is 7.84. The lowest BCUT2D eigenvalue weighted by molar-refractivity contribution is 0.503. The van der Waals surface area contributed by atoms with Gasteiger partial charge in [0, 0.05) is 28.9 Å². The van der Waals surface area contributed by atoms with E-state index in [-0.39, 0.29) is 0 Å². The molecule has 0 aromatic rings. The van der Waals surface area contributed by atoms with Gasteiger partial charge >= 0.3 is 0 Å². The van der Waals surface area contributed by atoms with Gasteiger partial charge in [-0.1, -0.05) is 6.92 Å². The normalized spacial score (nSPS) is 16.3. The molecule has 0 rings (SSSR count). The van der Waals surface area contributed by atoms with Gasteiger partial charge in [0.1, 0.15) is 0 Å². The predicted octanol–water partition coefficient (Wildman–Crippen LogP) is 1.14. The van der Waals surface area contributed by atoms with Gasteiger partial charge in [-0.25, -0.2) is 0 Å². The summed E-state index contributed by atoms with van der Waals surface area (Å²) in [6, 6.07) is 0.610. The molecule has 3 heteroatoms. The van der Waals surface area contributed by atoms with E-state index in [0.29, 0.717) is 6.04 Å². The maximum atomic E-state index is 10.7. The first kappa shape index (κ1) is 11.1. The van der Waals surface area contributed by atoms with Crippen molar-refractivity contribution in [1.29, 1.82) is 0 Å². The number of hydrogen-bond donors (Lipinski definition) is 1. The molecule has 1 N–H and O–H groups in total. The molecule has 68 valence electrons. The van der Waals surface area contributed by atoms with Crippen LogP contribution in [0.1, 0.15) is 26.2 Å². The van der Waals surface area contributed by atoms with Crippen LogP contribution in [0.15, 0.2) is 0 Å². The van der Waals surface area contributed by atoms with Crippen molar-refractivity contribution in [2.24, 2.45) is 0 Å². The van der Waals surface area contributed by atoms with Crippen molar-refractivity contribution in [3.63, 3.8) is 0 Å². The second-order valence-electron chi connectivity index (χ2n) is 2.81. The van der Waals surface area contributed by atoms with E-state index in [1.807, 2.05) is 7.05 Å². The summed E-state index contributed by atoms with van der Waals surface area (Å²) in [5, 5.41) is 3.23. The quantitative estimate of drug-likeness (QED) is 0.659. The minimum absolute atomic E-state index is 0.610. The molecule has 0 spiro atoms. The molecule has 0 amide bonds. The monoisotopic (exact) mass is 177 g/mol. The molecule has 2 nitrogen and oxygen atoms in total. The van der Waals surface area contributed by atoms with Gasteiger partial charge in [-0.2, -0.15) is 0 Å². The highest BCUT2D eigenvalue weighted by atomic mass is 32.2. The predicted molar refractivity (Wildman–Crippen MR) is 51.3 cm³/mol. The van der Waals surface area contributed by atoms with Crippen molar-refractivity contribution >= 4 is 10.8 Å². The Morgan fingerprint density at radius 3 is 2.55 bits per heavy atom. The first-order valence-corrected chi connectivity index (χ1v) is 5.90. The summed E-state index contributed by atoms with van der Waals surface area (Å²) in [6.45, 7) is 2.17. The Kier molecular flexibility index (Phi) is 6.87. The van der Waals surface area contributed by atoms with Crippen molar-refractivity contribution in [3.05, 3.63) is 0 Å². The standard InChI is InChI=1S/C8H19NOS/c1-4-8(9-2)6-5-7-11(3)10/h8-9H,4-7H2,1-3H3. The molecule has 0 bridgehead atoms. The second-order valence-corrected chi connectivity index (χ2v) is 4.37. The van der Waals surface area contributed by atoms with E-state index in [4.69, 9.17) is 0 Å². The Balaban J connectivity index is 3.28. The molecular weight excluding hydrogens is 158 g/mol. The van der Waals surface area contributed by atoms with Crippen molar-refractivity contribution in [2.45, 2.75) is 32.2 Å². The summed E-state index contributed by atoms with van der Waals surface area (Å²) in [6.07, 6.45) is 5.14. The number of hydrogen-bond acceptors (Lipinski definition) is 2. The van der Waals surface area contributed by atoms with E-state index in [9.17, 15) is 4.21 Å². The van der Waals surface area contributed by atoms with Crippen LogP contribution in [0.25, 0.3) is 0 Å². The Morgan fingerprint density at radius 2 is 2.18 bits per heavy atom. The molecule has 0 saturated heterocycles. The largest absolute Gasteiger partial charge is 0.317 e. The molecule has 0 aliphatic carbocycles. The third-order valence-electron chi connectivity index (χ3n) is 1.89. The van der Waals surface area contributed by atoms with Gasteiger partial charge in [0.2, 0.25) is 0 Å². The molecule has 2 atom stereocenters. The van der Waals surface area contributed by atoms with Gasteiger partial charge in [-0.05, 0) is 26.3 Å². The third kappa shape index (κ3) is 6.51. The molecule has 0 aromatic carbocycles.